The highest BCUT2D eigenvalue weighted by molar-refractivity contribution is 6.02. The Morgan fingerprint density at radius 1 is 1.08 bits per heavy atom. The number of aromatic nitrogens is 1. The van der Waals surface area contributed by atoms with E-state index in [0.717, 1.165) is 34.1 Å². The van der Waals surface area contributed by atoms with Gasteiger partial charge in [-0.15, -0.1) is 0 Å². The lowest BCUT2D eigenvalue weighted by atomic mass is 10.0. The first-order valence-electron chi connectivity index (χ1n) is 8.61. The van der Waals surface area contributed by atoms with E-state index in [4.69, 9.17) is 4.74 Å². The summed E-state index contributed by atoms with van der Waals surface area (Å²) in [6, 6.07) is 18.5. The van der Waals surface area contributed by atoms with Gasteiger partial charge in [0.25, 0.3) is 0 Å². The quantitative estimate of drug-likeness (QED) is 0.474. The van der Waals surface area contributed by atoms with Crippen LogP contribution in [0, 0.1) is 0 Å². The third kappa shape index (κ3) is 3.36. The molecule has 2 aromatic carbocycles. The molecule has 3 nitrogen and oxygen atoms in total. The van der Waals surface area contributed by atoms with E-state index in [-0.39, 0.29) is 5.97 Å². The van der Waals surface area contributed by atoms with Crippen molar-refractivity contribution in [2.24, 2.45) is 7.05 Å². The first-order valence-corrected chi connectivity index (χ1v) is 8.61. The van der Waals surface area contributed by atoms with Gasteiger partial charge in [-0.05, 0) is 31.1 Å². The van der Waals surface area contributed by atoms with Crippen LogP contribution in [0.3, 0.4) is 0 Å². The van der Waals surface area contributed by atoms with E-state index in [0.29, 0.717) is 12.2 Å². The number of hydrogen-bond donors (Lipinski definition) is 0. The molecule has 0 saturated heterocycles. The smallest absolute Gasteiger partial charge is 0.333 e. The van der Waals surface area contributed by atoms with E-state index in [2.05, 4.69) is 35.9 Å². The lowest BCUT2D eigenvalue weighted by molar-refractivity contribution is -0.138. The van der Waals surface area contributed by atoms with Crippen LogP contribution in [0.2, 0.25) is 0 Å². The van der Waals surface area contributed by atoms with Crippen LogP contribution in [0.4, 0.5) is 0 Å². The van der Waals surface area contributed by atoms with Gasteiger partial charge < -0.3 is 9.30 Å². The van der Waals surface area contributed by atoms with Gasteiger partial charge in [0.1, 0.15) is 0 Å². The minimum absolute atomic E-state index is 0.256. The van der Waals surface area contributed by atoms with Gasteiger partial charge in [0, 0.05) is 29.1 Å². The Kier molecular flexibility index (Phi) is 5.03. The second-order valence-electron chi connectivity index (χ2n) is 6.17. The first-order chi connectivity index (χ1) is 12.1. The van der Waals surface area contributed by atoms with Crippen molar-refractivity contribution >= 4 is 22.9 Å². The molecule has 3 rings (SSSR count). The van der Waals surface area contributed by atoms with Gasteiger partial charge in [-0.2, -0.15) is 0 Å². The van der Waals surface area contributed by atoms with Gasteiger partial charge >= 0.3 is 5.97 Å². The minimum Gasteiger partial charge on any atom is -0.462 e. The molecule has 3 heteroatoms. The molecular weight excluding hydrogens is 310 g/mol. The summed E-state index contributed by atoms with van der Waals surface area (Å²) < 4.78 is 7.46. The summed E-state index contributed by atoms with van der Waals surface area (Å²) >= 11 is 0. The Bertz CT molecular complexity index is 920. The maximum Gasteiger partial charge on any atom is 0.333 e. The van der Waals surface area contributed by atoms with E-state index in [1.807, 2.05) is 50.3 Å². The summed E-state index contributed by atoms with van der Waals surface area (Å²) in [5, 5.41) is 1.13. The van der Waals surface area contributed by atoms with Crippen molar-refractivity contribution in [2.45, 2.75) is 20.3 Å². The molecule has 0 radical (unpaired) electrons. The van der Waals surface area contributed by atoms with Gasteiger partial charge in [0.2, 0.25) is 0 Å². The van der Waals surface area contributed by atoms with Crippen LogP contribution in [0.15, 0.2) is 60.2 Å². The third-order valence-electron chi connectivity index (χ3n) is 4.31. The molecule has 0 aliphatic carbocycles. The second kappa shape index (κ2) is 7.39. The number of benzene rings is 2. The van der Waals surface area contributed by atoms with Crippen molar-refractivity contribution in [2.75, 3.05) is 6.61 Å². The molecule has 0 fully saturated rings. The number of hydrogen-bond acceptors (Lipinski definition) is 2. The number of carbonyl (C=O) groups excluding carboxylic acids is 1. The first kappa shape index (κ1) is 17.0. The number of esters is 1. The van der Waals surface area contributed by atoms with Crippen molar-refractivity contribution in [3.63, 3.8) is 0 Å². The van der Waals surface area contributed by atoms with E-state index in [1.54, 1.807) is 0 Å². The highest BCUT2D eigenvalue weighted by atomic mass is 16.5. The van der Waals surface area contributed by atoms with E-state index >= 15 is 0 Å². The maximum atomic E-state index is 12.2. The number of para-hydroxylation sites is 1. The van der Waals surface area contributed by atoms with Crippen LogP contribution in [0.1, 0.15) is 25.8 Å². The van der Waals surface area contributed by atoms with Crippen LogP contribution in [-0.2, 0) is 16.6 Å². The number of carbonyl (C=O) groups is 1. The van der Waals surface area contributed by atoms with E-state index in [1.165, 1.54) is 0 Å². The van der Waals surface area contributed by atoms with Crippen molar-refractivity contribution in [1.82, 2.24) is 4.57 Å². The lowest BCUT2D eigenvalue weighted by Crippen LogP contribution is -2.06. The van der Waals surface area contributed by atoms with Gasteiger partial charge in [0.05, 0.1) is 12.3 Å². The number of fused-ring (bicyclic) bond motifs is 1. The average molecular weight is 333 g/mol. The molecule has 0 amide bonds. The number of aryl methyl sites for hydroxylation is 1. The molecule has 1 heterocycles. The molecule has 0 unspecified atom stereocenters. The van der Waals surface area contributed by atoms with Crippen LogP contribution >= 0.6 is 0 Å². The Balaban J connectivity index is 2.18. The molecule has 25 heavy (non-hydrogen) atoms. The highest BCUT2D eigenvalue weighted by Crippen LogP contribution is 2.34. The van der Waals surface area contributed by atoms with Crippen LogP contribution in [0.5, 0.6) is 0 Å². The summed E-state index contributed by atoms with van der Waals surface area (Å²) in [4.78, 5) is 12.2. The topological polar surface area (TPSA) is 31.2 Å². The SMILES string of the molecule is CCCOC(=O)C(C)=Cc1c(-c2ccccc2)n(C)c2ccccc12. The average Bonchev–Trinajstić information content (AvgIpc) is 2.92. The van der Waals surface area contributed by atoms with Crippen LogP contribution < -0.4 is 0 Å². The summed E-state index contributed by atoms with van der Waals surface area (Å²) in [7, 11) is 2.06. The molecular formula is C22H23NO2. The summed E-state index contributed by atoms with van der Waals surface area (Å²) in [6.45, 7) is 4.25. The summed E-state index contributed by atoms with van der Waals surface area (Å²) in [6.07, 6.45) is 2.77. The zero-order chi connectivity index (χ0) is 17.8. The molecule has 0 spiro atoms. The molecule has 128 valence electrons. The van der Waals surface area contributed by atoms with Gasteiger partial charge in [-0.1, -0.05) is 55.5 Å². The van der Waals surface area contributed by atoms with Gasteiger partial charge in [-0.25, -0.2) is 4.79 Å². The number of ether oxygens (including phenoxy) is 1. The molecule has 0 atom stereocenters. The Morgan fingerprint density at radius 3 is 2.48 bits per heavy atom. The monoisotopic (exact) mass is 333 g/mol. The molecule has 1 aromatic heterocycles. The number of rotatable bonds is 5. The van der Waals surface area contributed by atoms with Crippen molar-refractivity contribution in [3.8, 4) is 11.3 Å². The molecule has 3 aromatic rings. The van der Waals surface area contributed by atoms with Crippen LogP contribution in [-0.4, -0.2) is 17.1 Å². The zero-order valence-corrected chi connectivity index (χ0v) is 15.0. The van der Waals surface area contributed by atoms with Gasteiger partial charge in [0.15, 0.2) is 0 Å². The highest BCUT2D eigenvalue weighted by Gasteiger charge is 2.16. The van der Waals surface area contributed by atoms with Crippen molar-refractivity contribution in [1.29, 1.82) is 0 Å². The number of nitrogens with zero attached hydrogens (tertiary/aromatic N) is 1. The molecule has 0 saturated carbocycles. The maximum absolute atomic E-state index is 12.2. The summed E-state index contributed by atoms with van der Waals surface area (Å²) in [5.41, 5.74) is 5.03. The normalized spacial score (nSPS) is 11.7. The molecule has 0 aliphatic rings. The van der Waals surface area contributed by atoms with Crippen molar-refractivity contribution in [3.05, 3.63) is 65.7 Å². The Hall–Kier alpha value is -2.81. The molecule has 0 N–H and O–H groups in total. The predicted octanol–water partition coefficient (Wildman–Crippen LogP) is 5.20. The third-order valence-corrected chi connectivity index (χ3v) is 4.31. The fraction of sp³-hybridized carbons (Fsp3) is 0.227. The fourth-order valence-corrected chi connectivity index (χ4v) is 3.10. The Morgan fingerprint density at radius 2 is 1.76 bits per heavy atom. The predicted molar refractivity (Wildman–Crippen MR) is 103 cm³/mol. The van der Waals surface area contributed by atoms with E-state index in [9.17, 15) is 4.79 Å². The van der Waals surface area contributed by atoms with Crippen LogP contribution in [0.25, 0.3) is 28.2 Å². The fourth-order valence-electron chi connectivity index (χ4n) is 3.10. The standard InChI is InChI=1S/C22H23NO2/c1-4-14-25-22(24)16(2)15-19-18-12-8-9-13-20(18)23(3)21(19)17-10-6-5-7-11-17/h5-13,15H,4,14H2,1-3H3. The molecule has 0 bridgehead atoms. The second-order valence-corrected chi connectivity index (χ2v) is 6.17. The largest absolute Gasteiger partial charge is 0.462 e. The van der Waals surface area contributed by atoms with Gasteiger partial charge in [-0.3, -0.25) is 0 Å². The minimum atomic E-state index is -0.256. The lowest BCUT2D eigenvalue weighted by Gasteiger charge is -2.07. The van der Waals surface area contributed by atoms with Crippen molar-refractivity contribution < 1.29 is 9.53 Å². The Labute approximate surface area is 148 Å². The van der Waals surface area contributed by atoms with E-state index < -0.39 is 0 Å². The zero-order valence-electron chi connectivity index (χ0n) is 15.0. The molecule has 0 aliphatic heterocycles. The summed E-state index contributed by atoms with van der Waals surface area (Å²) in [5.74, 6) is -0.256.